The Hall–Kier alpha value is -1.68. The molecule has 0 spiro atoms. The molecule has 0 unspecified atom stereocenters. The van der Waals surface area contributed by atoms with E-state index in [1.165, 1.54) is 12.1 Å². The Kier molecular flexibility index (Phi) is 6.69. The zero-order chi connectivity index (χ0) is 19.3. The van der Waals surface area contributed by atoms with Gasteiger partial charge in [-0.25, -0.2) is 13.1 Å². The van der Waals surface area contributed by atoms with E-state index in [1.54, 1.807) is 24.0 Å². The van der Waals surface area contributed by atoms with E-state index in [0.29, 0.717) is 38.7 Å². The van der Waals surface area contributed by atoms with Gasteiger partial charge in [-0.3, -0.25) is 4.79 Å². The highest BCUT2D eigenvalue weighted by atomic mass is 32.2. The summed E-state index contributed by atoms with van der Waals surface area (Å²) in [5.41, 5.74) is 0. The van der Waals surface area contributed by atoms with E-state index in [9.17, 15) is 13.2 Å². The number of benzene rings is 1. The standard InChI is InChI=1S/C18H26N2O6S/c1-14(18(21)20-8-11-24-12-9-20)26-15-4-6-17(7-5-15)27(22,23)19-13-16-3-2-10-25-16/h4-7,14,16,19H,2-3,8-13H2,1H3/t14-,16+/m1/s1. The number of carbonyl (C=O) groups is 1. The summed E-state index contributed by atoms with van der Waals surface area (Å²) >= 11 is 0. The summed E-state index contributed by atoms with van der Waals surface area (Å²) in [6.07, 6.45) is 1.11. The number of amides is 1. The molecule has 2 aliphatic heterocycles. The van der Waals surface area contributed by atoms with Crippen LogP contribution >= 0.6 is 0 Å². The van der Waals surface area contributed by atoms with Gasteiger partial charge in [0, 0.05) is 26.2 Å². The van der Waals surface area contributed by atoms with Crippen LogP contribution in [0.1, 0.15) is 19.8 Å². The summed E-state index contributed by atoms with van der Waals surface area (Å²) in [6.45, 7) is 4.81. The molecule has 1 N–H and O–H groups in total. The second-order valence-corrected chi connectivity index (χ2v) is 8.42. The molecule has 150 valence electrons. The molecule has 1 amide bonds. The Morgan fingerprint density at radius 1 is 1.26 bits per heavy atom. The van der Waals surface area contributed by atoms with Crippen molar-refractivity contribution in [3.63, 3.8) is 0 Å². The molecule has 0 saturated carbocycles. The number of nitrogens with zero attached hydrogens (tertiary/aromatic N) is 1. The Morgan fingerprint density at radius 2 is 1.96 bits per heavy atom. The van der Waals surface area contributed by atoms with Gasteiger partial charge in [0.25, 0.3) is 5.91 Å². The minimum Gasteiger partial charge on any atom is -0.481 e. The van der Waals surface area contributed by atoms with Crippen LogP contribution in [0.15, 0.2) is 29.2 Å². The number of hydrogen-bond acceptors (Lipinski definition) is 6. The summed E-state index contributed by atoms with van der Waals surface area (Å²) in [6, 6.07) is 6.06. The molecule has 0 aromatic heterocycles. The lowest BCUT2D eigenvalue weighted by Crippen LogP contribution is -2.46. The lowest BCUT2D eigenvalue weighted by molar-refractivity contribution is -0.142. The van der Waals surface area contributed by atoms with Gasteiger partial charge in [0.15, 0.2) is 6.10 Å². The van der Waals surface area contributed by atoms with Crippen molar-refractivity contribution in [3.05, 3.63) is 24.3 Å². The van der Waals surface area contributed by atoms with Crippen molar-refractivity contribution in [2.75, 3.05) is 39.5 Å². The molecule has 2 atom stereocenters. The third-order valence-electron chi connectivity index (χ3n) is 4.64. The first-order chi connectivity index (χ1) is 13.0. The van der Waals surface area contributed by atoms with Gasteiger partial charge in [0.05, 0.1) is 24.2 Å². The first-order valence-electron chi connectivity index (χ1n) is 9.20. The average Bonchev–Trinajstić information content (AvgIpc) is 3.21. The Labute approximate surface area is 159 Å². The number of rotatable bonds is 7. The summed E-state index contributed by atoms with van der Waals surface area (Å²) in [5, 5.41) is 0. The first kappa shape index (κ1) is 20.1. The van der Waals surface area contributed by atoms with Gasteiger partial charge in [-0.2, -0.15) is 0 Å². The first-order valence-corrected chi connectivity index (χ1v) is 10.7. The highest BCUT2D eigenvalue weighted by Crippen LogP contribution is 2.18. The van der Waals surface area contributed by atoms with Gasteiger partial charge in [0.1, 0.15) is 5.75 Å². The van der Waals surface area contributed by atoms with Crippen molar-refractivity contribution >= 4 is 15.9 Å². The van der Waals surface area contributed by atoms with E-state index < -0.39 is 16.1 Å². The van der Waals surface area contributed by atoms with Crippen LogP contribution in [-0.4, -0.2) is 70.9 Å². The largest absolute Gasteiger partial charge is 0.481 e. The molecular weight excluding hydrogens is 372 g/mol. The van der Waals surface area contributed by atoms with Crippen molar-refractivity contribution < 1.29 is 27.4 Å². The molecule has 2 aliphatic rings. The van der Waals surface area contributed by atoms with E-state index in [0.717, 1.165) is 12.8 Å². The smallest absolute Gasteiger partial charge is 0.263 e. The molecule has 3 rings (SSSR count). The second-order valence-electron chi connectivity index (χ2n) is 6.66. The maximum atomic E-state index is 12.4. The van der Waals surface area contributed by atoms with Crippen molar-refractivity contribution in [1.82, 2.24) is 9.62 Å². The van der Waals surface area contributed by atoms with E-state index in [1.807, 2.05) is 0 Å². The summed E-state index contributed by atoms with van der Waals surface area (Å²) in [4.78, 5) is 14.2. The van der Waals surface area contributed by atoms with Crippen molar-refractivity contribution in [3.8, 4) is 5.75 Å². The lowest BCUT2D eigenvalue weighted by atomic mass is 10.2. The fourth-order valence-corrected chi connectivity index (χ4v) is 4.15. The normalized spacial score (nSPS) is 21.8. The molecule has 2 saturated heterocycles. The van der Waals surface area contributed by atoms with Crippen LogP contribution in [0, 0.1) is 0 Å². The number of nitrogens with one attached hydrogen (secondary N) is 1. The highest BCUT2D eigenvalue weighted by molar-refractivity contribution is 7.89. The van der Waals surface area contributed by atoms with Gasteiger partial charge in [-0.1, -0.05) is 0 Å². The predicted molar refractivity (Wildman–Crippen MR) is 98.1 cm³/mol. The third-order valence-corrected chi connectivity index (χ3v) is 6.08. The molecule has 27 heavy (non-hydrogen) atoms. The topological polar surface area (TPSA) is 94.2 Å². The number of ether oxygens (including phenoxy) is 3. The fourth-order valence-electron chi connectivity index (χ4n) is 3.08. The van der Waals surface area contributed by atoms with Crippen molar-refractivity contribution in [2.45, 2.75) is 36.9 Å². The molecule has 0 aliphatic carbocycles. The number of sulfonamides is 1. The molecule has 0 bridgehead atoms. The quantitative estimate of drug-likeness (QED) is 0.729. The Bertz CT molecular complexity index is 725. The van der Waals surface area contributed by atoms with Crippen LogP contribution in [0.25, 0.3) is 0 Å². The second kappa shape index (κ2) is 9.01. The molecular formula is C18H26N2O6S. The maximum absolute atomic E-state index is 12.4. The van der Waals surface area contributed by atoms with Crippen LogP contribution in [0.2, 0.25) is 0 Å². The molecule has 0 radical (unpaired) electrons. The minimum absolute atomic E-state index is 0.0607. The number of carbonyl (C=O) groups excluding carboxylic acids is 1. The van der Waals surface area contributed by atoms with Crippen LogP contribution in [0.3, 0.4) is 0 Å². The van der Waals surface area contributed by atoms with Crippen LogP contribution in [0.4, 0.5) is 0 Å². The van der Waals surface area contributed by atoms with Crippen LogP contribution in [0.5, 0.6) is 5.75 Å². The third kappa shape index (κ3) is 5.41. The molecule has 1 aromatic rings. The van der Waals surface area contributed by atoms with Gasteiger partial charge in [-0.15, -0.1) is 0 Å². The molecule has 2 heterocycles. The summed E-state index contributed by atoms with van der Waals surface area (Å²) < 4.78 is 43.6. The van der Waals surface area contributed by atoms with Gasteiger partial charge < -0.3 is 19.1 Å². The van der Waals surface area contributed by atoms with Gasteiger partial charge in [0.2, 0.25) is 10.0 Å². The van der Waals surface area contributed by atoms with Crippen LogP contribution in [-0.2, 0) is 24.3 Å². The van der Waals surface area contributed by atoms with E-state index in [2.05, 4.69) is 4.72 Å². The number of morpholine rings is 1. The summed E-state index contributed by atoms with van der Waals surface area (Å²) in [5.74, 6) is 0.343. The average molecular weight is 398 g/mol. The van der Waals surface area contributed by atoms with E-state index in [-0.39, 0.29) is 23.5 Å². The van der Waals surface area contributed by atoms with E-state index in [4.69, 9.17) is 14.2 Å². The molecule has 8 nitrogen and oxygen atoms in total. The highest BCUT2D eigenvalue weighted by Gasteiger charge is 2.24. The Balaban J connectivity index is 1.54. The zero-order valence-corrected chi connectivity index (χ0v) is 16.2. The fraction of sp³-hybridized carbons (Fsp3) is 0.611. The monoisotopic (exact) mass is 398 g/mol. The van der Waals surface area contributed by atoms with Crippen molar-refractivity contribution in [2.24, 2.45) is 0 Å². The Morgan fingerprint density at radius 3 is 2.59 bits per heavy atom. The lowest BCUT2D eigenvalue weighted by Gasteiger charge is -2.29. The van der Waals surface area contributed by atoms with Gasteiger partial charge in [-0.05, 0) is 44.0 Å². The molecule has 9 heteroatoms. The van der Waals surface area contributed by atoms with E-state index >= 15 is 0 Å². The van der Waals surface area contributed by atoms with Crippen molar-refractivity contribution in [1.29, 1.82) is 0 Å². The SMILES string of the molecule is C[C@@H](Oc1ccc(S(=O)(=O)NC[C@@H]2CCCO2)cc1)C(=O)N1CCOCC1. The molecule has 2 fully saturated rings. The minimum atomic E-state index is -3.60. The number of hydrogen-bond donors (Lipinski definition) is 1. The zero-order valence-electron chi connectivity index (χ0n) is 15.4. The summed E-state index contributed by atoms with van der Waals surface area (Å²) in [7, 11) is -3.60. The predicted octanol–water partition coefficient (Wildman–Crippen LogP) is 0.770. The van der Waals surface area contributed by atoms with Gasteiger partial charge >= 0.3 is 0 Å². The maximum Gasteiger partial charge on any atom is 0.263 e. The molecule has 1 aromatic carbocycles. The van der Waals surface area contributed by atoms with Crippen LogP contribution < -0.4 is 9.46 Å².